The average molecular weight is 396 g/mol. The molecule has 1 heterocycles. The molecule has 0 fully saturated rings. The predicted octanol–water partition coefficient (Wildman–Crippen LogP) is 4.31. The van der Waals surface area contributed by atoms with E-state index in [0.29, 0.717) is 51.5 Å². The number of ether oxygens (including phenoxy) is 3. The number of hydrogen-bond acceptors (Lipinski definition) is 6. The van der Waals surface area contributed by atoms with Crippen LogP contribution in [0.25, 0.3) is 22.1 Å². The number of benzene rings is 2. The van der Waals surface area contributed by atoms with E-state index >= 15 is 0 Å². The lowest BCUT2D eigenvalue weighted by atomic mass is 10.0. The SMILES string of the molecule is COc1cc(-c2coc3cc(CO)cc(OC)c3c2=O)ccc1OCC=C(C)C. The van der Waals surface area contributed by atoms with Crippen LogP contribution in [0.5, 0.6) is 17.2 Å². The Kier molecular flexibility index (Phi) is 6.24. The van der Waals surface area contributed by atoms with Gasteiger partial charge >= 0.3 is 0 Å². The second-order valence-corrected chi connectivity index (χ2v) is 6.77. The van der Waals surface area contributed by atoms with Gasteiger partial charge in [0.05, 0.1) is 26.4 Å². The number of rotatable bonds is 7. The highest BCUT2D eigenvalue weighted by Crippen LogP contribution is 2.33. The first-order valence-electron chi connectivity index (χ1n) is 9.16. The van der Waals surface area contributed by atoms with Crippen molar-refractivity contribution in [2.75, 3.05) is 20.8 Å². The fourth-order valence-corrected chi connectivity index (χ4v) is 2.98. The fourth-order valence-electron chi connectivity index (χ4n) is 2.98. The number of aliphatic hydroxyl groups excluding tert-OH is 1. The molecule has 0 aliphatic rings. The second kappa shape index (κ2) is 8.84. The molecule has 0 aliphatic carbocycles. The zero-order valence-corrected chi connectivity index (χ0v) is 16.9. The van der Waals surface area contributed by atoms with Gasteiger partial charge < -0.3 is 23.7 Å². The molecule has 0 spiro atoms. The van der Waals surface area contributed by atoms with Crippen LogP contribution >= 0.6 is 0 Å². The van der Waals surface area contributed by atoms with Gasteiger partial charge in [0.15, 0.2) is 11.5 Å². The molecular formula is C23H24O6. The van der Waals surface area contributed by atoms with Crippen LogP contribution in [0.3, 0.4) is 0 Å². The molecule has 0 aliphatic heterocycles. The third-order valence-corrected chi connectivity index (χ3v) is 4.51. The van der Waals surface area contributed by atoms with Gasteiger partial charge in [-0.25, -0.2) is 0 Å². The molecule has 3 aromatic rings. The van der Waals surface area contributed by atoms with Gasteiger partial charge in [0, 0.05) is 0 Å². The molecule has 0 unspecified atom stereocenters. The van der Waals surface area contributed by atoms with Crippen LogP contribution < -0.4 is 19.6 Å². The maximum absolute atomic E-state index is 13.2. The number of fused-ring (bicyclic) bond motifs is 1. The largest absolute Gasteiger partial charge is 0.496 e. The molecule has 1 aromatic heterocycles. The third kappa shape index (κ3) is 4.27. The van der Waals surface area contributed by atoms with Crippen LogP contribution in [0.2, 0.25) is 0 Å². The van der Waals surface area contributed by atoms with Gasteiger partial charge in [-0.05, 0) is 55.3 Å². The van der Waals surface area contributed by atoms with E-state index in [1.54, 1.807) is 37.4 Å². The summed E-state index contributed by atoms with van der Waals surface area (Å²) >= 11 is 0. The lowest BCUT2D eigenvalue weighted by molar-refractivity contribution is 0.281. The van der Waals surface area contributed by atoms with Crippen molar-refractivity contribution < 1.29 is 23.7 Å². The topological polar surface area (TPSA) is 78.1 Å². The standard InChI is InChI=1S/C23H24O6/c1-14(2)7-8-28-18-6-5-16(11-19(18)26-3)17-13-29-21-10-15(12-24)9-20(27-4)22(21)23(17)25/h5-7,9-11,13,24H,8,12H2,1-4H3. The summed E-state index contributed by atoms with van der Waals surface area (Å²) in [7, 11) is 3.03. The van der Waals surface area contributed by atoms with Crippen LogP contribution in [0.1, 0.15) is 19.4 Å². The minimum atomic E-state index is -0.229. The molecular weight excluding hydrogens is 372 g/mol. The Hall–Kier alpha value is -3.25. The molecule has 0 radical (unpaired) electrons. The lowest BCUT2D eigenvalue weighted by Gasteiger charge is -2.12. The van der Waals surface area contributed by atoms with Gasteiger partial charge in [-0.3, -0.25) is 4.79 Å². The van der Waals surface area contributed by atoms with Crippen molar-refractivity contribution in [3.63, 3.8) is 0 Å². The summed E-state index contributed by atoms with van der Waals surface area (Å²) in [4.78, 5) is 13.2. The van der Waals surface area contributed by atoms with Crippen LogP contribution in [0.4, 0.5) is 0 Å². The van der Waals surface area contributed by atoms with Gasteiger partial charge in [0.2, 0.25) is 5.43 Å². The third-order valence-electron chi connectivity index (χ3n) is 4.51. The smallest absolute Gasteiger partial charge is 0.204 e. The molecule has 0 saturated carbocycles. The fraction of sp³-hybridized carbons (Fsp3) is 0.261. The maximum atomic E-state index is 13.2. The summed E-state index contributed by atoms with van der Waals surface area (Å²) in [5, 5.41) is 9.71. The quantitative estimate of drug-likeness (QED) is 0.600. The van der Waals surface area contributed by atoms with Crippen molar-refractivity contribution in [3.05, 3.63) is 64.0 Å². The number of methoxy groups -OCH3 is 2. The summed E-state index contributed by atoms with van der Waals surface area (Å²) in [5.74, 6) is 1.46. The van der Waals surface area contributed by atoms with E-state index in [0.717, 1.165) is 5.57 Å². The molecule has 0 bridgehead atoms. The van der Waals surface area contributed by atoms with Gasteiger partial charge in [-0.1, -0.05) is 11.6 Å². The van der Waals surface area contributed by atoms with E-state index in [9.17, 15) is 9.90 Å². The summed E-state index contributed by atoms with van der Waals surface area (Å²) in [5.41, 5.74) is 2.91. The van der Waals surface area contributed by atoms with E-state index in [4.69, 9.17) is 18.6 Å². The first-order valence-corrected chi connectivity index (χ1v) is 9.16. The van der Waals surface area contributed by atoms with E-state index in [1.165, 1.54) is 13.4 Å². The first-order chi connectivity index (χ1) is 14.0. The predicted molar refractivity (Wildman–Crippen MR) is 112 cm³/mol. The Labute approximate surface area is 169 Å². The molecule has 6 heteroatoms. The monoisotopic (exact) mass is 396 g/mol. The van der Waals surface area contributed by atoms with Gasteiger partial charge in [0.1, 0.15) is 29.6 Å². The van der Waals surface area contributed by atoms with Crippen molar-refractivity contribution >= 4 is 11.0 Å². The minimum Gasteiger partial charge on any atom is -0.496 e. The van der Waals surface area contributed by atoms with E-state index in [2.05, 4.69) is 0 Å². The molecule has 29 heavy (non-hydrogen) atoms. The van der Waals surface area contributed by atoms with E-state index in [-0.39, 0.29) is 12.0 Å². The Morgan fingerprint density at radius 3 is 2.48 bits per heavy atom. The summed E-state index contributed by atoms with van der Waals surface area (Å²) in [6.07, 6.45) is 3.38. The average Bonchev–Trinajstić information content (AvgIpc) is 2.73. The zero-order valence-electron chi connectivity index (χ0n) is 16.9. The first kappa shape index (κ1) is 20.5. The van der Waals surface area contributed by atoms with E-state index in [1.807, 2.05) is 19.9 Å². The second-order valence-electron chi connectivity index (χ2n) is 6.77. The molecule has 3 rings (SSSR count). The molecule has 2 aromatic carbocycles. The van der Waals surface area contributed by atoms with Crippen molar-refractivity contribution in [1.29, 1.82) is 0 Å². The van der Waals surface area contributed by atoms with Crippen LogP contribution in [-0.4, -0.2) is 25.9 Å². The molecule has 0 amide bonds. The van der Waals surface area contributed by atoms with Crippen molar-refractivity contribution in [2.45, 2.75) is 20.5 Å². The molecule has 152 valence electrons. The van der Waals surface area contributed by atoms with Crippen LogP contribution in [-0.2, 0) is 6.61 Å². The number of aliphatic hydroxyl groups is 1. The van der Waals surface area contributed by atoms with Crippen LogP contribution in [0.15, 0.2) is 57.5 Å². The molecule has 0 saturated heterocycles. The minimum absolute atomic E-state index is 0.177. The lowest BCUT2D eigenvalue weighted by Crippen LogP contribution is -2.07. The summed E-state index contributed by atoms with van der Waals surface area (Å²) in [6.45, 7) is 4.25. The van der Waals surface area contributed by atoms with Crippen LogP contribution in [0, 0.1) is 0 Å². The molecule has 6 nitrogen and oxygen atoms in total. The van der Waals surface area contributed by atoms with Gasteiger partial charge in [0.25, 0.3) is 0 Å². The zero-order chi connectivity index (χ0) is 21.0. The highest BCUT2D eigenvalue weighted by Gasteiger charge is 2.16. The highest BCUT2D eigenvalue weighted by atomic mass is 16.5. The highest BCUT2D eigenvalue weighted by molar-refractivity contribution is 5.88. The summed E-state index contributed by atoms with van der Waals surface area (Å²) < 4.78 is 22.2. The van der Waals surface area contributed by atoms with E-state index < -0.39 is 0 Å². The van der Waals surface area contributed by atoms with Crippen molar-refractivity contribution in [3.8, 4) is 28.4 Å². The van der Waals surface area contributed by atoms with Gasteiger partial charge in [-0.15, -0.1) is 0 Å². The van der Waals surface area contributed by atoms with Crippen molar-refractivity contribution in [2.24, 2.45) is 0 Å². The normalized spacial score (nSPS) is 10.7. The Morgan fingerprint density at radius 1 is 1.07 bits per heavy atom. The van der Waals surface area contributed by atoms with Gasteiger partial charge in [-0.2, -0.15) is 0 Å². The Bertz CT molecular complexity index is 1110. The molecule has 0 atom stereocenters. The number of hydrogen-bond donors (Lipinski definition) is 1. The Balaban J connectivity index is 2.07. The molecule has 1 N–H and O–H groups in total. The number of allylic oxidation sites excluding steroid dienone is 1. The maximum Gasteiger partial charge on any atom is 0.204 e. The van der Waals surface area contributed by atoms with Crippen molar-refractivity contribution in [1.82, 2.24) is 0 Å². The Morgan fingerprint density at radius 2 is 1.83 bits per heavy atom. The summed E-state index contributed by atoms with van der Waals surface area (Å²) in [6, 6.07) is 8.55.